The SMILES string of the molecule is O=C(Nc1ccccc1C(=O)NCCc1ccccc1)c1ccc(OCCOc2ccccc2)cc1. The summed E-state index contributed by atoms with van der Waals surface area (Å²) in [5.41, 5.74) is 2.48. The van der Waals surface area contributed by atoms with E-state index in [0.717, 1.165) is 17.7 Å². The van der Waals surface area contributed by atoms with Gasteiger partial charge in [-0.3, -0.25) is 9.59 Å². The minimum absolute atomic E-state index is 0.233. The van der Waals surface area contributed by atoms with Gasteiger partial charge in [0, 0.05) is 12.1 Å². The molecule has 0 bridgehead atoms. The van der Waals surface area contributed by atoms with Crippen LogP contribution in [0.3, 0.4) is 0 Å². The summed E-state index contributed by atoms with van der Waals surface area (Å²) < 4.78 is 11.3. The van der Waals surface area contributed by atoms with Gasteiger partial charge in [0.15, 0.2) is 0 Å². The number of carbonyl (C=O) groups excluding carboxylic acids is 2. The zero-order valence-corrected chi connectivity index (χ0v) is 19.9. The van der Waals surface area contributed by atoms with Gasteiger partial charge < -0.3 is 20.1 Å². The number of rotatable bonds is 11. The van der Waals surface area contributed by atoms with Gasteiger partial charge in [0.05, 0.1) is 11.3 Å². The molecule has 0 radical (unpaired) electrons. The summed E-state index contributed by atoms with van der Waals surface area (Å²) in [6, 6.07) is 33.3. The summed E-state index contributed by atoms with van der Waals surface area (Å²) in [6.07, 6.45) is 0.730. The van der Waals surface area contributed by atoms with E-state index in [1.807, 2.05) is 60.7 Å². The van der Waals surface area contributed by atoms with E-state index in [0.29, 0.717) is 42.3 Å². The molecule has 2 N–H and O–H groups in total. The first kappa shape index (κ1) is 24.5. The van der Waals surface area contributed by atoms with Gasteiger partial charge >= 0.3 is 0 Å². The van der Waals surface area contributed by atoms with Crippen LogP contribution in [0.4, 0.5) is 5.69 Å². The first-order valence-electron chi connectivity index (χ1n) is 11.8. The second-order valence-corrected chi connectivity index (χ2v) is 8.03. The second-order valence-electron chi connectivity index (χ2n) is 8.03. The van der Waals surface area contributed by atoms with Gasteiger partial charge in [0.2, 0.25) is 0 Å². The molecular weight excluding hydrogens is 452 g/mol. The Hall–Kier alpha value is -4.58. The predicted octanol–water partition coefficient (Wildman–Crippen LogP) is 5.37. The lowest BCUT2D eigenvalue weighted by Crippen LogP contribution is -2.27. The van der Waals surface area contributed by atoms with E-state index >= 15 is 0 Å². The summed E-state index contributed by atoms with van der Waals surface area (Å²) in [6.45, 7) is 1.30. The fourth-order valence-electron chi connectivity index (χ4n) is 3.58. The van der Waals surface area contributed by atoms with Crippen LogP contribution in [0.1, 0.15) is 26.3 Å². The molecule has 6 nitrogen and oxygen atoms in total. The quantitative estimate of drug-likeness (QED) is 0.283. The maximum atomic E-state index is 12.8. The molecule has 0 saturated heterocycles. The van der Waals surface area contributed by atoms with Crippen molar-refractivity contribution in [3.8, 4) is 11.5 Å². The van der Waals surface area contributed by atoms with Gasteiger partial charge in [-0.15, -0.1) is 0 Å². The maximum absolute atomic E-state index is 12.8. The molecule has 0 unspecified atom stereocenters. The first-order valence-corrected chi connectivity index (χ1v) is 11.8. The molecule has 0 aliphatic heterocycles. The van der Waals surface area contributed by atoms with Crippen molar-refractivity contribution in [3.63, 3.8) is 0 Å². The molecule has 6 heteroatoms. The zero-order chi connectivity index (χ0) is 25.0. The van der Waals surface area contributed by atoms with Crippen molar-refractivity contribution in [1.29, 1.82) is 0 Å². The van der Waals surface area contributed by atoms with E-state index in [-0.39, 0.29) is 11.8 Å². The Morgan fingerprint density at radius 1 is 0.611 bits per heavy atom. The highest BCUT2D eigenvalue weighted by atomic mass is 16.5. The smallest absolute Gasteiger partial charge is 0.255 e. The molecule has 0 atom stereocenters. The van der Waals surface area contributed by atoms with Crippen LogP contribution in [0.2, 0.25) is 0 Å². The van der Waals surface area contributed by atoms with Crippen LogP contribution in [-0.4, -0.2) is 31.6 Å². The van der Waals surface area contributed by atoms with Crippen LogP contribution >= 0.6 is 0 Å². The molecule has 182 valence electrons. The summed E-state index contributed by atoms with van der Waals surface area (Å²) >= 11 is 0. The van der Waals surface area contributed by atoms with Crippen LogP contribution in [0.25, 0.3) is 0 Å². The molecule has 4 rings (SSSR count). The Morgan fingerprint density at radius 2 is 1.19 bits per heavy atom. The fourth-order valence-corrected chi connectivity index (χ4v) is 3.58. The van der Waals surface area contributed by atoms with Crippen molar-refractivity contribution in [2.45, 2.75) is 6.42 Å². The molecule has 4 aromatic carbocycles. The first-order chi connectivity index (χ1) is 17.7. The second kappa shape index (κ2) is 12.8. The van der Waals surface area contributed by atoms with Crippen LogP contribution in [0.15, 0.2) is 109 Å². The zero-order valence-electron chi connectivity index (χ0n) is 19.9. The normalized spacial score (nSPS) is 10.3. The minimum Gasteiger partial charge on any atom is -0.490 e. The van der Waals surface area contributed by atoms with Crippen molar-refractivity contribution in [1.82, 2.24) is 5.32 Å². The lowest BCUT2D eigenvalue weighted by Gasteiger charge is -2.12. The Balaban J connectivity index is 1.27. The number of nitrogens with one attached hydrogen (secondary N) is 2. The number of amides is 2. The monoisotopic (exact) mass is 480 g/mol. The van der Waals surface area contributed by atoms with Crippen molar-refractivity contribution in [2.24, 2.45) is 0 Å². The topological polar surface area (TPSA) is 76.7 Å². The van der Waals surface area contributed by atoms with Gasteiger partial charge in [0.1, 0.15) is 24.7 Å². The number of hydrogen-bond acceptors (Lipinski definition) is 4. The third-order valence-corrected chi connectivity index (χ3v) is 5.44. The van der Waals surface area contributed by atoms with Gasteiger partial charge in [-0.05, 0) is 60.5 Å². The van der Waals surface area contributed by atoms with E-state index in [1.165, 1.54) is 0 Å². The number of ether oxygens (including phenoxy) is 2. The average Bonchev–Trinajstić information content (AvgIpc) is 2.93. The number of benzene rings is 4. The van der Waals surface area contributed by atoms with E-state index in [4.69, 9.17) is 9.47 Å². The highest BCUT2D eigenvalue weighted by Crippen LogP contribution is 2.18. The predicted molar refractivity (Wildman–Crippen MR) is 141 cm³/mol. The largest absolute Gasteiger partial charge is 0.490 e. The molecular formula is C30H28N2O4. The maximum Gasteiger partial charge on any atom is 0.255 e. The number of anilines is 1. The van der Waals surface area contributed by atoms with Crippen molar-refractivity contribution in [3.05, 3.63) is 126 Å². The number of hydrogen-bond donors (Lipinski definition) is 2. The molecule has 0 saturated carbocycles. The van der Waals surface area contributed by atoms with E-state index < -0.39 is 0 Å². The van der Waals surface area contributed by atoms with Crippen LogP contribution in [0, 0.1) is 0 Å². The van der Waals surface area contributed by atoms with Crippen molar-refractivity contribution in [2.75, 3.05) is 25.1 Å². The van der Waals surface area contributed by atoms with E-state index in [1.54, 1.807) is 48.5 Å². The average molecular weight is 481 g/mol. The molecule has 0 fully saturated rings. The molecule has 36 heavy (non-hydrogen) atoms. The third kappa shape index (κ3) is 7.21. The van der Waals surface area contributed by atoms with Crippen LogP contribution in [0.5, 0.6) is 11.5 Å². The molecule has 0 heterocycles. The summed E-state index contributed by atoms with van der Waals surface area (Å²) in [7, 11) is 0. The van der Waals surface area contributed by atoms with Gasteiger partial charge in [-0.2, -0.15) is 0 Å². The fraction of sp³-hybridized carbons (Fsp3) is 0.133. The van der Waals surface area contributed by atoms with Crippen LogP contribution in [-0.2, 0) is 6.42 Å². The highest BCUT2D eigenvalue weighted by Gasteiger charge is 2.14. The molecule has 0 spiro atoms. The van der Waals surface area contributed by atoms with E-state index in [9.17, 15) is 9.59 Å². The lowest BCUT2D eigenvalue weighted by molar-refractivity contribution is 0.0955. The minimum atomic E-state index is -0.307. The standard InChI is InChI=1S/C30H28N2O4/c33-29(24-15-17-26(18-16-24)36-22-21-35-25-11-5-2-6-12-25)32-28-14-8-7-13-27(28)30(34)31-20-19-23-9-3-1-4-10-23/h1-18H,19-22H2,(H,31,34)(H,32,33). The molecule has 0 aliphatic carbocycles. The lowest BCUT2D eigenvalue weighted by atomic mass is 10.1. The molecule has 0 aromatic heterocycles. The molecule has 4 aromatic rings. The van der Waals surface area contributed by atoms with Crippen molar-refractivity contribution < 1.29 is 19.1 Å². The Morgan fingerprint density at radius 3 is 1.89 bits per heavy atom. The number of para-hydroxylation sites is 2. The number of carbonyl (C=O) groups is 2. The highest BCUT2D eigenvalue weighted by molar-refractivity contribution is 6.09. The Bertz CT molecular complexity index is 1260. The van der Waals surface area contributed by atoms with Gasteiger partial charge in [-0.25, -0.2) is 0 Å². The van der Waals surface area contributed by atoms with Crippen LogP contribution < -0.4 is 20.1 Å². The van der Waals surface area contributed by atoms with Gasteiger partial charge in [0.25, 0.3) is 11.8 Å². The summed E-state index contributed by atoms with van der Waals surface area (Å²) in [5.74, 6) is 0.890. The third-order valence-electron chi connectivity index (χ3n) is 5.44. The van der Waals surface area contributed by atoms with Gasteiger partial charge in [-0.1, -0.05) is 60.7 Å². The Labute approximate surface area is 210 Å². The van der Waals surface area contributed by atoms with E-state index in [2.05, 4.69) is 10.6 Å². The molecule has 2 amide bonds. The summed E-state index contributed by atoms with van der Waals surface area (Å²) in [5, 5.41) is 5.77. The Kier molecular flexibility index (Phi) is 8.70. The van der Waals surface area contributed by atoms with Crippen molar-refractivity contribution >= 4 is 17.5 Å². The molecule has 0 aliphatic rings. The summed E-state index contributed by atoms with van der Waals surface area (Å²) in [4.78, 5) is 25.6.